The van der Waals surface area contributed by atoms with E-state index >= 15 is 0 Å². The van der Waals surface area contributed by atoms with Crippen LogP contribution in [0.4, 0.5) is 0 Å². The van der Waals surface area contributed by atoms with Crippen molar-refractivity contribution in [3.05, 3.63) is 35.9 Å². The molecule has 0 bridgehead atoms. The number of aliphatic carboxylic acids is 1. The molecule has 1 aromatic rings. The number of ketones is 1. The molecule has 0 aromatic heterocycles. The van der Waals surface area contributed by atoms with Crippen molar-refractivity contribution in [3.8, 4) is 0 Å². The number of carboxylic acid groups (broad SMARTS) is 1. The van der Waals surface area contributed by atoms with Gasteiger partial charge in [-0.05, 0) is 5.56 Å². The van der Waals surface area contributed by atoms with Crippen molar-refractivity contribution >= 4 is 11.8 Å². The minimum Gasteiger partial charge on any atom is -0.481 e. The van der Waals surface area contributed by atoms with Gasteiger partial charge in [0.25, 0.3) is 0 Å². The first-order chi connectivity index (χ1) is 8.80. The van der Waals surface area contributed by atoms with Crippen LogP contribution in [0.5, 0.6) is 0 Å². The fraction of sp³-hybridized carbons (Fsp3) is 0.467. The van der Waals surface area contributed by atoms with Crippen LogP contribution in [0.3, 0.4) is 0 Å². The normalized spacial score (nSPS) is 13.0. The Bertz CT molecular complexity index is 434. The van der Waals surface area contributed by atoms with E-state index in [0.29, 0.717) is 6.54 Å². The average molecular weight is 263 g/mol. The van der Waals surface area contributed by atoms with E-state index in [4.69, 9.17) is 5.11 Å². The van der Waals surface area contributed by atoms with Crippen LogP contribution in [0.2, 0.25) is 0 Å². The van der Waals surface area contributed by atoms with E-state index in [1.54, 1.807) is 20.8 Å². The molecule has 0 radical (unpaired) electrons. The van der Waals surface area contributed by atoms with Crippen LogP contribution in [0, 0.1) is 5.41 Å². The second-order valence-corrected chi connectivity index (χ2v) is 5.63. The van der Waals surface area contributed by atoms with Gasteiger partial charge in [-0.1, -0.05) is 51.1 Å². The second-order valence-electron chi connectivity index (χ2n) is 5.63. The topological polar surface area (TPSA) is 66.4 Å². The van der Waals surface area contributed by atoms with E-state index in [-0.39, 0.29) is 12.2 Å². The molecule has 0 spiro atoms. The van der Waals surface area contributed by atoms with Gasteiger partial charge in [0.2, 0.25) is 0 Å². The van der Waals surface area contributed by atoms with Crippen molar-refractivity contribution < 1.29 is 14.7 Å². The van der Waals surface area contributed by atoms with E-state index in [1.165, 1.54) is 0 Å². The van der Waals surface area contributed by atoms with Gasteiger partial charge in [0.1, 0.15) is 0 Å². The molecule has 0 aliphatic carbocycles. The summed E-state index contributed by atoms with van der Waals surface area (Å²) in [4.78, 5) is 23.1. The molecule has 0 aliphatic heterocycles. The number of nitrogens with one attached hydrogen (secondary N) is 1. The summed E-state index contributed by atoms with van der Waals surface area (Å²) in [6.45, 7) is 5.89. The monoisotopic (exact) mass is 263 g/mol. The van der Waals surface area contributed by atoms with Crippen LogP contribution in [0.15, 0.2) is 30.3 Å². The van der Waals surface area contributed by atoms with Gasteiger partial charge in [-0.2, -0.15) is 0 Å². The van der Waals surface area contributed by atoms with Crippen LogP contribution < -0.4 is 5.32 Å². The highest BCUT2D eigenvalue weighted by molar-refractivity contribution is 5.91. The number of rotatable bonds is 6. The molecule has 0 heterocycles. The van der Waals surface area contributed by atoms with E-state index < -0.39 is 17.4 Å². The van der Waals surface area contributed by atoms with Crippen LogP contribution in [-0.2, 0) is 16.1 Å². The fourth-order valence-corrected chi connectivity index (χ4v) is 1.79. The summed E-state index contributed by atoms with van der Waals surface area (Å²) < 4.78 is 0. The molecule has 2 N–H and O–H groups in total. The first kappa shape index (κ1) is 15.4. The summed E-state index contributed by atoms with van der Waals surface area (Å²) in [6, 6.07) is 8.96. The summed E-state index contributed by atoms with van der Waals surface area (Å²) in [5.41, 5.74) is 0.476. The van der Waals surface area contributed by atoms with Crippen molar-refractivity contribution in [2.75, 3.05) is 0 Å². The van der Waals surface area contributed by atoms with Crippen LogP contribution in [0.1, 0.15) is 32.8 Å². The molecule has 4 heteroatoms. The number of carbonyl (C=O) groups is 2. The summed E-state index contributed by atoms with van der Waals surface area (Å²) >= 11 is 0. The van der Waals surface area contributed by atoms with Gasteiger partial charge in [-0.15, -0.1) is 0 Å². The molecule has 4 nitrogen and oxygen atoms in total. The molecule has 0 amide bonds. The van der Waals surface area contributed by atoms with Gasteiger partial charge in [0.05, 0.1) is 12.5 Å². The van der Waals surface area contributed by atoms with Crippen LogP contribution >= 0.6 is 0 Å². The molecule has 0 saturated carbocycles. The molecule has 0 aliphatic rings. The minimum absolute atomic E-state index is 0.0779. The zero-order valence-corrected chi connectivity index (χ0v) is 11.6. The van der Waals surface area contributed by atoms with E-state index in [1.807, 2.05) is 30.3 Å². The number of hydrogen-bond donors (Lipinski definition) is 2. The molecule has 0 saturated heterocycles. The van der Waals surface area contributed by atoms with Crippen molar-refractivity contribution in [3.63, 3.8) is 0 Å². The zero-order valence-electron chi connectivity index (χ0n) is 11.6. The zero-order chi connectivity index (χ0) is 14.5. The quantitative estimate of drug-likeness (QED) is 0.826. The lowest BCUT2D eigenvalue weighted by molar-refractivity contribution is -0.141. The molecule has 104 valence electrons. The first-order valence-electron chi connectivity index (χ1n) is 6.34. The lowest BCUT2D eigenvalue weighted by atomic mass is 9.85. The Balaban J connectivity index is 2.70. The standard InChI is InChI=1S/C15H21NO3/c1-15(2,3)14(19)12(9-13(17)18)16-10-11-7-5-4-6-8-11/h4-8,12,16H,9-10H2,1-3H3,(H,17,18)/t12-/m0/s1. The van der Waals surface area contributed by atoms with E-state index in [9.17, 15) is 9.59 Å². The summed E-state index contributed by atoms with van der Waals surface area (Å²) in [7, 11) is 0. The molecule has 19 heavy (non-hydrogen) atoms. The van der Waals surface area contributed by atoms with Gasteiger partial charge in [-0.3, -0.25) is 9.59 Å². The second kappa shape index (κ2) is 6.48. The Morgan fingerprint density at radius 1 is 1.21 bits per heavy atom. The van der Waals surface area contributed by atoms with Gasteiger partial charge in [0.15, 0.2) is 5.78 Å². The highest BCUT2D eigenvalue weighted by atomic mass is 16.4. The van der Waals surface area contributed by atoms with Gasteiger partial charge >= 0.3 is 5.97 Å². The maximum atomic E-state index is 12.2. The smallest absolute Gasteiger partial charge is 0.305 e. The van der Waals surface area contributed by atoms with Crippen molar-refractivity contribution in [2.24, 2.45) is 5.41 Å². The summed E-state index contributed by atoms with van der Waals surface area (Å²) in [6.07, 6.45) is -0.192. The number of benzene rings is 1. The van der Waals surface area contributed by atoms with Crippen molar-refractivity contribution in [2.45, 2.75) is 39.8 Å². The minimum atomic E-state index is -0.969. The predicted octanol–water partition coefficient (Wildman–Crippen LogP) is 2.23. The van der Waals surface area contributed by atoms with E-state index in [0.717, 1.165) is 5.56 Å². The lowest BCUT2D eigenvalue weighted by Crippen LogP contribution is -2.43. The highest BCUT2D eigenvalue weighted by Crippen LogP contribution is 2.18. The Labute approximate surface area is 113 Å². The Kier molecular flexibility index (Phi) is 5.24. The number of carboxylic acids is 1. The molecule has 1 aromatic carbocycles. The number of Topliss-reactive ketones (excluding diaryl/α,β-unsaturated/α-hetero) is 1. The third kappa shape index (κ3) is 5.22. The van der Waals surface area contributed by atoms with Crippen molar-refractivity contribution in [1.29, 1.82) is 0 Å². The van der Waals surface area contributed by atoms with Gasteiger partial charge < -0.3 is 10.4 Å². The molecule has 0 fully saturated rings. The van der Waals surface area contributed by atoms with Crippen molar-refractivity contribution in [1.82, 2.24) is 5.32 Å². The largest absolute Gasteiger partial charge is 0.481 e. The third-order valence-electron chi connectivity index (χ3n) is 2.83. The third-order valence-corrected chi connectivity index (χ3v) is 2.83. The SMILES string of the molecule is CC(C)(C)C(=O)[C@H](CC(=O)O)NCc1ccccc1. The number of hydrogen-bond acceptors (Lipinski definition) is 3. The molecular formula is C15H21NO3. The molecule has 0 unspecified atom stereocenters. The summed E-state index contributed by atoms with van der Waals surface area (Å²) in [5, 5.41) is 11.9. The van der Waals surface area contributed by atoms with Crippen LogP contribution in [-0.4, -0.2) is 22.9 Å². The fourth-order valence-electron chi connectivity index (χ4n) is 1.79. The summed E-state index contributed by atoms with van der Waals surface area (Å²) in [5.74, 6) is -1.05. The number of carbonyl (C=O) groups excluding carboxylic acids is 1. The lowest BCUT2D eigenvalue weighted by Gasteiger charge is -2.24. The Hall–Kier alpha value is -1.68. The van der Waals surface area contributed by atoms with Gasteiger partial charge in [-0.25, -0.2) is 0 Å². The maximum absolute atomic E-state index is 12.2. The van der Waals surface area contributed by atoms with E-state index in [2.05, 4.69) is 5.32 Å². The molecular weight excluding hydrogens is 242 g/mol. The predicted molar refractivity (Wildman–Crippen MR) is 73.8 cm³/mol. The van der Waals surface area contributed by atoms with Crippen LogP contribution in [0.25, 0.3) is 0 Å². The highest BCUT2D eigenvalue weighted by Gasteiger charge is 2.30. The Morgan fingerprint density at radius 2 is 1.79 bits per heavy atom. The Morgan fingerprint density at radius 3 is 2.26 bits per heavy atom. The molecule has 1 atom stereocenters. The van der Waals surface area contributed by atoms with Gasteiger partial charge in [0, 0.05) is 12.0 Å². The molecule has 1 rings (SSSR count). The first-order valence-corrected chi connectivity index (χ1v) is 6.34. The maximum Gasteiger partial charge on any atom is 0.305 e. The average Bonchev–Trinajstić information content (AvgIpc) is 2.33.